The molecular formula is C15H17N3O. The molecule has 0 saturated heterocycles. The Morgan fingerprint density at radius 3 is 2.74 bits per heavy atom. The molecule has 1 unspecified atom stereocenters. The minimum Gasteiger partial charge on any atom is -0.309 e. The average molecular weight is 255 g/mol. The summed E-state index contributed by atoms with van der Waals surface area (Å²) in [5.41, 5.74) is 1.26. The van der Waals surface area contributed by atoms with E-state index >= 15 is 0 Å². The fourth-order valence-corrected chi connectivity index (χ4v) is 1.86. The largest absolute Gasteiger partial charge is 0.309 e. The average Bonchev–Trinajstić information content (AvgIpc) is 2.47. The topological polar surface area (TPSA) is 54.9 Å². The molecular weight excluding hydrogens is 238 g/mol. The van der Waals surface area contributed by atoms with Gasteiger partial charge >= 0.3 is 0 Å². The van der Waals surface area contributed by atoms with E-state index in [9.17, 15) is 4.79 Å². The zero-order valence-corrected chi connectivity index (χ0v) is 10.9. The highest BCUT2D eigenvalue weighted by Gasteiger charge is 2.09. The Morgan fingerprint density at radius 1 is 1.26 bits per heavy atom. The third-order valence-corrected chi connectivity index (χ3v) is 3.00. The molecule has 2 rings (SSSR count). The van der Waals surface area contributed by atoms with Crippen molar-refractivity contribution in [3.63, 3.8) is 0 Å². The van der Waals surface area contributed by atoms with E-state index in [2.05, 4.69) is 34.3 Å². The first-order valence-corrected chi connectivity index (χ1v) is 6.36. The zero-order chi connectivity index (χ0) is 13.5. The summed E-state index contributed by atoms with van der Waals surface area (Å²) in [5.74, 6) is 0.844. The third kappa shape index (κ3) is 4.17. The number of nitrogens with one attached hydrogen (secondary N) is 1. The first-order chi connectivity index (χ1) is 9.25. The Morgan fingerprint density at radius 2 is 2.05 bits per heavy atom. The van der Waals surface area contributed by atoms with Crippen LogP contribution in [-0.4, -0.2) is 15.9 Å². The van der Waals surface area contributed by atoms with Crippen LogP contribution < -0.4 is 5.32 Å². The maximum atomic E-state index is 11.8. The molecule has 2 aromatic rings. The third-order valence-electron chi connectivity index (χ3n) is 3.00. The smallest absolute Gasteiger partial charge is 0.225 e. The van der Waals surface area contributed by atoms with Crippen LogP contribution in [0.1, 0.15) is 31.2 Å². The molecule has 0 saturated carbocycles. The second-order valence-electron chi connectivity index (χ2n) is 4.49. The molecule has 4 nitrogen and oxygen atoms in total. The monoisotopic (exact) mass is 255 g/mol. The van der Waals surface area contributed by atoms with Gasteiger partial charge < -0.3 is 5.32 Å². The maximum Gasteiger partial charge on any atom is 0.225 e. The lowest BCUT2D eigenvalue weighted by Crippen LogP contribution is -2.13. The zero-order valence-electron chi connectivity index (χ0n) is 10.9. The number of benzene rings is 1. The minimum absolute atomic E-state index is 0.0247. The van der Waals surface area contributed by atoms with Gasteiger partial charge in [-0.2, -0.15) is 0 Å². The Hall–Kier alpha value is -2.23. The van der Waals surface area contributed by atoms with E-state index in [-0.39, 0.29) is 5.91 Å². The highest BCUT2D eigenvalue weighted by atomic mass is 16.1. The molecule has 0 radical (unpaired) electrons. The van der Waals surface area contributed by atoms with Crippen molar-refractivity contribution < 1.29 is 4.79 Å². The molecule has 0 spiro atoms. The molecule has 0 aliphatic rings. The molecule has 1 N–H and O–H groups in total. The van der Waals surface area contributed by atoms with Gasteiger partial charge in [0.25, 0.3) is 0 Å². The van der Waals surface area contributed by atoms with Crippen molar-refractivity contribution in [1.82, 2.24) is 9.97 Å². The van der Waals surface area contributed by atoms with Gasteiger partial charge in [-0.1, -0.05) is 37.3 Å². The number of hydrogen-bond acceptors (Lipinski definition) is 3. The number of nitrogens with zero attached hydrogens (tertiary/aromatic N) is 2. The summed E-state index contributed by atoms with van der Waals surface area (Å²) in [6.07, 6.45) is 5.97. The predicted molar refractivity (Wildman–Crippen MR) is 74.8 cm³/mol. The van der Waals surface area contributed by atoms with Crippen molar-refractivity contribution in [2.75, 3.05) is 5.32 Å². The van der Waals surface area contributed by atoms with Crippen LogP contribution >= 0.6 is 0 Å². The lowest BCUT2D eigenvalue weighted by Gasteiger charge is -2.11. The van der Waals surface area contributed by atoms with Crippen LogP contribution in [0.15, 0.2) is 48.9 Å². The second kappa shape index (κ2) is 6.64. The van der Waals surface area contributed by atoms with Crippen LogP contribution in [0.25, 0.3) is 0 Å². The number of hydrogen-bond donors (Lipinski definition) is 1. The van der Waals surface area contributed by atoms with Gasteiger partial charge in [0.05, 0.1) is 6.20 Å². The van der Waals surface area contributed by atoms with Crippen molar-refractivity contribution >= 4 is 11.7 Å². The summed E-state index contributed by atoms with van der Waals surface area (Å²) < 4.78 is 0. The molecule has 1 atom stereocenters. The van der Waals surface area contributed by atoms with Gasteiger partial charge in [-0.15, -0.1) is 0 Å². The fraction of sp³-hybridized carbons (Fsp3) is 0.267. The van der Waals surface area contributed by atoms with Crippen molar-refractivity contribution in [2.45, 2.75) is 25.7 Å². The molecule has 1 aromatic heterocycles. The van der Waals surface area contributed by atoms with Crippen LogP contribution in [0.3, 0.4) is 0 Å². The van der Waals surface area contributed by atoms with E-state index in [4.69, 9.17) is 0 Å². The number of aromatic nitrogens is 2. The minimum atomic E-state index is -0.0247. The number of carbonyl (C=O) groups excluding carboxylic acids is 1. The summed E-state index contributed by atoms with van der Waals surface area (Å²) in [6, 6.07) is 10.2. The van der Waals surface area contributed by atoms with Crippen LogP contribution in [0, 0.1) is 0 Å². The molecule has 4 heteroatoms. The molecule has 1 aromatic carbocycles. The Balaban J connectivity index is 1.81. The number of amides is 1. The van der Waals surface area contributed by atoms with Crippen molar-refractivity contribution in [3.05, 3.63) is 54.5 Å². The van der Waals surface area contributed by atoms with Crippen LogP contribution in [-0.2, 0) is 4.79 Å². The summed E-state index contributed by atoms with van der Waals surface area (Å²) in [4.78, 5) is 19.7. The summed E-state index contributed by atoms with van der Waals surface area (Å²) in [6.45, 7) is 2.13. The van der Waals surface area contributed by atoms with Crippen LogP contribution in [0.4, 0.5) is 5.82 Å². The molecule has 98 valence electrons. The molecule has 0 aliphatic heterocycles. The van der Waals surface area contributed by atoms with Gasteiger partial charge in [-0.3, -0.25) is 9.78 Å². The number of anilines is 1. The number of rotatable bonds is 5. The summed E-state index contributed by atoms with van der Waals surface area (Å²) in [5, 5.41) is 2.74. The fourth-order valence-electron chi connectivity index (χ4n) is 1.86. The quantitative estimate of drug-likeness (QED) is 0.893. The SMILES string of the molecule is CC(CCC(=O)Nc1cnccn1)c1ccccc1. The first kappa shape index (κ1) is 13.2. The van der Waals surface area contributed by atoms with E-state index in [0.29, 0.717) is 18.2 Å². The Labute approximate surface area is 112 Å². The second-order valence-corrected chi connectivity index (χ2v) is 4.49. The van der Waals surface area contributed by atoms with Gasteiger partial charge in [0.1, 0.15) is 0 Å². The lowest BCUT2D eigenvalue weighted by molar-refractivity contribution is -0.116. The van der Waals surface area contributed by atoms with E-state index in [1.54, 1.807) is 18.6 Å². The summed E-state index contributed by atoms with van der Waals surface area (Å²) >= 11 is 0. The highest BCUT2D eigenvalue weighted by molar-refractivity contribution is 5.89. The number of carbonyl (C=O) groups is 1. The van der Waals surface area contributed by atoms with Gasteiger partial charge in [0.2, 0.25) is 5.91 Å². The maximum absolute atomic E-state index is 11.8. The highest BCUT2D eigenvalue weighted by Crippen LogP contribution is 2.20. The van der Waals surface area contributed by atoms with Gasteiger partial charge in [0.15, 0.2) is 5.82 Å². The first-order valence-electron chi connectivity index (χ1n) is 6.36. The predicted octanol–water partition coefficient (Wildman–Crippen LogP) is 3.00. The van der Waals surface area contributed by atoms with Gasteiger partial charge in [0, 0.05) is 18.8 Å². The molecule has 0 bridgehead atoms. The van der Waals surface area contributed by atoms with E-state index in [0.717, 1.165) is 6.42 Å². The van der Waals surface area contributed by atoms with Crippen molar-refractivity contribution in [1.29, 1.82) is 0 Å². The Kier molecular flexibility index (Phi) is 4.61. The van der Waals surface area contributed by atoms with E-state index in [1.807, 2.05) is 18.2 Å². The molecule has 0 fully saturated rings. The normalized spacial score (nSPS) is 11.8. The lowest BCUT2D eigenvalue weighted by atomic mass is 9.96. The van der Waals surface area contributed by atoms with Crippen LogP contribution in [0.2, 0.25) is 0 Å². The molecule has 1 heterocycles. The molecule has 19 heavy (non-hydrogen) atoms. The van der Waals surface area contributed by atoms with Gasteiger partial charge in [-0.25, -0.2) is 4.98 Å². The van der Waals surface area contributed by atoms with Crippen molar-refractivity contribution in [3.8, 4) is 0 Å². The molecule has 1 amide bonds. The van der Waals surface area contributed by atoms with Crippen LogP contribution in [0.5, 0.6) is 0 Å². The standard InChI is InChI=1S/C15H17N3O/c1-12(13-5-3-2-4-6-13)7-8-15(19)18-14-11-16-9-10-17-14/h2-6,9-12H,7-8H2,1H3,(H,17,18,19). The summed E-state index contributed by atoms with van der Waals surface area (Å²) in [7, 11) is 0. The van der Waals surface area contributed by atoms with E-state index < -0.39 is 0 Å². The Bertz CT molecular complexity index is 513. The van der Waals surface area contributed by atoms with Crippen molar-refractivity contribution in [2.24, 2.45) is 0 Å². The van der Waals surface area contributed by atoms with Gasteiger partial charge in [-0.05, 0) is 17.9 Å². The van der Waals surface area contributed by atoms with E-state index in [1.165, 1.54) is 5.56 Å². The molecule has 0 aliphatic carbocycles.